The van der Waals surface area contributed by atoms with E-state index in [1.54, 1.807) is 24.0 Å². The molecule has 10 nitrogen and oxygen atoms in total. The first-order valence-corrected chi connectivity index (χ1v) is 13.1. The lowest BCUT2D eigenvalue weighted by Gasteiger charge is -2.35. The van der Waals surface area contributed by atoms with Gasteiger partial charge in [-0.3, -0.25) is 14.5 Å². The molecule has 0 radical (unpaired) electrons. The van der Waals surface area contributed by atoms with Crippen LogP contribution in [0.3, 0.4) is 0 Å². The average molecular weight is 537 g/mol. The van der Waals surface area contributed by atoms with Crippen LogP contribution in [0, 0.1) is 6.92 Å². The number of carbonyl (C=O) groups excluding carboxylic acids is 3. The zero-order chi connectivity index (χ0) is 28.2. The number of esters is 1. The minimum atomic E-state index is -1.05. The zero-order valence-electron chi connectivity index (χ0n) is 23.0. The van der Waals surface area contributed by atoms with E-state index in [4.69, 9.17) is 14.1 Å². The van der Waals surface area contributed by atoms with E-state index in [2.05, 4.69) is 10.2 Å². The van der Waals surface area contributed by atoms with E-state index in [1.165, 1.54) is 0 Å². The summed E-state index contributed by atoms with van der Waals surface area (Å²) in [5.41, 5.74) is 3.89. The number of amides is 2. The predicted octanol–water partition coefficient (Wildman–Crippen LogP) is 1.74. The lowest BCUT2D eigenvalue weighted by atomic mass is 9.75. The number of hydrogen-bond acceptors (Lipinski definition) is 8. The van der Waals surface area contributed by atoms with Crippen molar-refractivity contribution in [3.8, 4) is 0 Å². The average Bonchev–Trinajstić information content (AvgIpc) is 3.27. The maximum atomic E-state index is 12.6. The molecular weight excluding hydrogens is 501 g/mol. The van der Waals surface area contributed by atoms with Gasteiger partial charge in [0, 0.05) is 38.3 Å². The Bertz CT molecular complexity index is 1220. The SMILES string of the molecule is Cc1c(C(=O)NCC(=O)OCc2cccc(CN3CCN(C(=O)OC(C)(C)C)CC3)c2)ccc2c1B(O)OC2. The van der Waals surface area contributed by atoms with Crippen molar-refractivity contribution in [3.63, 3.8) is 0 Å². The summed E-state index contributed by atoms with van der Waals surface area (Å²) in [6.45, 7) is 10.9. The Kier molecular flexibility index (Phi) is 8.94. The molecular formula is C28H36BN3O7. The van der Waals surface area contributed by atoms with Gasteiger partial charge in [-0.2, -0.15) is 0 Å². The van der Waals surface area contributed by atoms with Crippen LogP contribution in [0.4, 0.5) is 4.79 Å². The van der Waals surface area contributed by atoms with Gasteiger partial charge in [-0.05, 0) is 61.5 Å². The fourth-order valence-electron chi connectivity index (χ4n) is 4.71. The minimum absolute atomic E-state index is 0.0936. The van der Waals surface area contributed by atoms with Gasteiger partial charge < -0.3 is 29.4 Å². The van der Waals surface area contributed by atoms with Crippen molar-refractivity contribution < 1.29 is 33.5 Å². The van der Waals surface area contributed by atoms with E-state index in [0.717, 1.165) is 36.3 Å². The molecule has 2 aliphatic heterocycles. The minimum Gasteiger partial charge on any atom is -0.460 e. The van der Waals surface area contributed by atoms with Crippen LogP contribution in [0.1, 0.15) is 53.4 Å². The van der Waals surface area contributed by atoms with Crippen LogP contribution in [0.15, 0.2) is 36.4 Å². The number of nitrogens with one attached hydrogen (secondary N) is 1. The Hall–Kier alpha value is -3.41. The first-order chi connectivity index (χ1) is 18.5. The molecule has 1 saturated heterocycles. The van der Waals surface area contributed by atoms with Crippen LogP contribution < -0.4 is 10.8 Å². The summed E-state index contributed by atoms with van der Waals surface area (Å²) in [5.74, 6) is -0.964. The second kappa shape index (κ2) is 12.2. The van der Waals surface area contributed by atoms with Crippen molar-refractivity contribution in [2.45, 2.75) is 53.1 Å². The van der Waals surface area contributed by atoms with Crippen LogP contribution >= 0.6 is 0 Å². The molecule has 0 saturated carbocycles. The molecule has 11 heteroatoms. The second-order valence-corrected chi connectivity index (χ2v) is 10.9. The summed E-state index contributed by atoms with van der Waals surface area (Å²) >= 11 is 0. The molecule has 0 unspecified atom stereocenters. The Morgan fingerprint density at radius 3 is 2.51 bits per heavy atom. The van der Waals surface area contributed by atoms with Crippen LogP contribution in [-0.4, -0.2) is 78.2 Å². The number of hydrogen-bond donors (Lipinski definition) is 2. The lowest BCUT2D eigenvalue weighted by Crippen LogP contribution is -2.49. The van der Waals surface area contributed by atoms with Crippen LogP contribution in [0.2, 0.25) is 0 Å². The maximum Gasteiger partial charge on any atom is 0.492 e. The standard InChI is InChI=1S/C28H36BN3O7/c1-19-23(9-8-22-18-38-29(36)25(19)22)26(34)30-15-24(33)37-17-21-7-5-6-20(14-21)16-31-10-12-32(13-11-31)27(35)39-28(2,3)4/h5-9,14,36H,10-13,15-18H2,1-4H3,(H,30,34). The molecule has 39 heavy (non-hydrogen) atoms. The zero-order valence-corrected chi connectivity index (χ0v) is 23.0. The van der Waals surface area contributed by atoms with Crippen molar-refractivity contribution in [1.82, 2.24) is 15.1 Å². The summed E-state index contributed by atoms with van der Waals surface area (Å²) in [5, 5.41) is 12.6. The third-order valence-electron chi connectivity index (χ3n) is 6.71. The van der Waals surface area contributed by atoms with Crippen LogP contribution in [-0.2, 0) is 38.7 Å². The molecule has 0 bridgehead atoms. The number of ether oxygens (including phenoxy) is 2. The topological polar surface area (TPSA) is 118 Å². The van der Waals surface area contributed by atoms with Crippen molar-refractivity contribution in [3.05, 3.63) is 64.2 Å². The first-order valence-electron chi connectivity index (χ1n) is 13.1. The van der Waals surface area contributed by atoms with Crippen LogP contribution in [0.25, 0.3) is 0 Å². The summed E-state index contributed by atoms with van der Waals surface area (Å²) in [7, 11) is -1.05. The summed E-state index contributed by atoms with van der Waals surface area (Å²) < 4.78 is 16.1. The van der Waals surface area contributed by atoms with E-state index in [0.29, 0.717) is 36.3 Å². The van der Waals surface area contributed by atoms with Crippen molar-refractivity contribution in [1.29, 1.82) is 0 Å². The van der Waals surface area contributed by atoms with E-state index >= 15 is 0 Å². The largest absolute Gasteiger partial charge is 0.492 e. The van der Waals surface area contributed by atoms with Crippen molar-refractivity contribution in [2.24, 2.45) is 0 Å². The monoisotopic (exact) mass is 537 g/mol. The van der Waals surface area contributed by atoms with Gasteiger partial charge in [-0.25, -0.2) is 4.79 Å². The summed E-state index contributed by atoms with van der Waals surface area (Å²) in [6.07, 6.45) is -0.280. The summed E-state index contributed by atoms with van der Waals surface area (Å²) in [4.78, 5) is 41.2. The van der Waals surface area contributed by atoms with Crippen molar-refractivity contribution >= 4 is 30.6 Å². The maximum absolute atomic E-state index is 12.6. The number of fused-ring (bicyclic) bond motifs is 1. The van der Waals surface area contributed by atoms with E-state index in [9.17, 15) is 19.4 Å². The molecule has 2 heterocycles. The number of carbonyl (C=O) groups is 3. The van der Waals surface area contributed by atoms with Gasteiger partial charge in [0.25, 0.3) is 5.91 Å². The highest BCUT2D eigenvalue weighted by Gasteiger charge is 2.31. The fraction of sp³-hybridized carbons (Fsp3) is 0.464. The molecule has 208 valence electrons. The third kappa shape index (κ3) is 7.59. The predicted molar refractivity (Wildman–Crippen MR) is 145 cm³/mol. The van der Waals surface area contributed by atoms with Gasteiger partial charge in [-0.15, -0.1) is 0 Å². The highest BCUT2D eigenvalue weighted by molar-refractivity contribution is 6.62. The highest BCUT2D eigenvalue weighted by Crippen LogP contribution is 2.17. The molecule has 2 aromatic carbocycles. The number of piperazine rings is 1. The molecule has 0 atom stereocenters. The molecule has 4 rings (SSSR count). The van der Waals surface area contributed by atoms with Gasteiger partial charge in [-0.1, -0.05) is 30.3 Å². The lowest BCUT2D eigenvalue weighted by molar-refractivity contribution is -0.143. The molecule has 2 amide bonds. The molecule has 2 aromatic rings. The van der Waals surface area contributed by atoms with Gasteiger partial charge >= 0.3 is 19.2 Å². The molecule has 2 N–H and O–H groups in total. The van der Waals surface area contributed by atoms with Crippen LogP contribution in [0.5, 0.6) is 0 Å². The second-order valence-electron chi connectivity index (χ2n) is 10.9. The van der Waals surface area contributed by atoms with E-state index in [1.807, 2.05) is 45.0 Å². The van der Waals surface area contributed by atoms with E-state index in [-0.39, 0.29) is 19.2 Å². The Labute approximate surface area is 229 Å². The smallest absolute Gasteiger partial charge is 0.460 e. The van der Waals surface area contributed by atoms with Gasteiger partial charge in [0.2, 0.25) is 0 Å². The Morgan fingerprint density at radius 1 is 1.08 bits per heavy atom. The van der Waals surface area contributed by atoms with Gasteiger partial charge in [0.1, 0.15) is 18.8 Å². The molecule has 0 spiro atoms. The number of rotatable bonds is 7. The molecule has 0 aromatic heterocycles. The highest BCUT2D eigenvalue weighted by atomic mass is 16.6. The van der Waals surface area contributed by atoms with E-state index < -0.39 is 24.6 Å². The normalized spacial score (nSPS) is 15.6. The Morgan fingerprint density at radius 2 is 1.79 bits per heavy atom. The van der Waals surface area contributed by atoms with Crippen molar-refractivity contribution in [2.75, 3.05) is 32.7 Å². The summed E-state index contributed by atoms with van der Waals surface area (Å²) in [6, 6.07) is 11.2. The Balaban J connectivity index is 1.21. The molecule has 1 fully saturated rings. The van der Waals surface area contributed by atoms with Gasteiger partial charge in [0.05, 0.1) is 6.61 Å². The van der Waals surface area contributed by atoms with Gasteiger partial charge in [0.15, 0.2) is 0 Å². The number of nitrogens with zero attached hydrogens (tertiary/aromatic N) is 2. The fourth-order valence-corrected chi connectivity index (χ4v) is 4.71. The molecule has 0 aliphatic carbocycles. The third-order valence-corrected chi connectivity index (χ3v) is 6.71. The quantitative estimate of drug-likeness (QED) is 0.405. The number of benzene rings is 2. The first kappa shape index (κ1) is 28.6. The molecule has 2 aliphatic rings.